The monoisotopic (exact) mass is 285 g/mol. The summed E-state index contributed by atoms with van der Waals surface area (Å²) >= 11 is 12.5. The van der Waals surface area contributed by atoms with Crippen molar-refractivity contribution in [3.63, 3.8) is 0 Å². The van der Waals surface area contributed by atoms with Crippen molar-refractivity contribution in [2.45, 2.75) is 45.6 Å². The molecule has 1 aliphatic carbocycles. The van der Waals surface area contributed by atoms with Gasteiger partial charge in [0.25, 0.3) is 0 Å². The summed E-state index contributed by atoms with van der Waals surface area (Å²) in [5.41, 5.74) is 1.44. The predicted octanol–water partition coefficient (Wildman–Crippen LogP) is 5.22. The summed E-state index contributed by atoms with van der Waals surface area (Å²) in [6, 6.07) is 6.08. The lowest BCUT2D eigenvalue weighted by molar-refractivity contribution is 0.226. The summed E-state index contributed by atoms with van der Waals surface area (Å²) in [5.74, 6) is 0. The maximum absolute atomic E-state index is 6.37. The largest absolute Gasteiger partial charge is 0.310 e. The molecule has 1 aromatic carbocycles. The van der Waals surface area contributed by atoms with Crippen LogP contribution >= 0.6 is 23.2 Å². The van der Waals surface area contributed by atoms with Crippen molar-refractivity contribution in [1.82, 2.24) is 5.32 Å². The molecule has 1 nitrogen and oxygen atoms in total. The zero-order chi connectivity index (χ0) is 13.2. The molecule has 1 atom stereocenters. The second-order valence-electron chi connectivity index (χ2n) is 5.52. The van der Waals surface area contributed by atoms with Crippen LogP contribution in [-0.2, 0) is 0 Å². The molecule has 1 saturated carbocycles. The molecule has 1 aromatic rings. The van der Waals surface area contributed by atoms with Crippen molar-refractivity contribution in [1.29, 1.82) is 0 Å². The highest BCUT2D eigenvalue weighted by molar-refractivity contribution is 6.33. The first-order valence-corrected chi connectivity index (χ1v) is 7.51. The maximum Gasteiger partial charge on any atom is 0.0455 e. The van der Waals surface area contributed by atoms with Crippen LogP contribution in [0.15, 0.2) is 18.2 Å². The lowest BCUT2D eigenvalue weighted by Gasteiger charge is -2.35. The molecule has 1 aliphatic rings. The Kier molecular flexibility index (Phi) is 4.58. The van der Waals surface area contributed by atoms with E-state index in [1.807, 2.05) is 18.2 Å². The summed E-state index contributed by atoms with van der Waals surface area (Å²) in [5, 5.41) is 5.19. The van der Waals surface area contributed by atoms with Gasteiger partial charge in [-0.05, 0) is 48.6 Å². The Bertz CT molecular complexity index is 411. The lowest BCUT2D eigenvalue weighted by atomic mass is 9.77. The van der Waals surface area contributed by atoms with Crippen LogP contribution in [0.1, 0.15) is 51.1 Å². The molecule has 0 amide bonds. The van der Waals surface area contributed by atoms with Crippen LogP contribution in [0.25, 0.3) is 0 Å². The first kappa shape index (κ1) is 14.2. The fraction of sp³-hybridized carbons (Fsp3) is 0.600. The van der Waals surface area contributed by atoms with Gasteiger partial charge in [-0.3, -0.25) is 0 Å². The number of nitrogens with one attached hydrogen (secondary N) is 1. The van der Waals surface area contributed by atoms with Crippen molar-refractivity contribution in [2.24, 2.45) is 5.41 Å². The van der Waals surface area contributed by atoms with E-state index in [0.717, 1.165) is 22.2 Å². The molecule has 0 spiro atoms. The Balaban J connectivity index is 2.37. The van der Waals surface area contributed by atoms with Gasteiger partial charge in [0.05, 0.1) is 0 Å². The van der Waals surface area contributed by atoms with E-state index in [2.05, 4.69) is 19.2 Å². The van der Waals surface area contributed by atoms with Gasteiger partial charge in [0.2, 0.25) is 0 Å². The Labute approximate surface area is 120 Å². The summed E-state index contributed by atoms with van der Waals surface area (Å²) in [4.78, 5) is 0. The van der Waals surface area contributed by atoms with E-state index in [0.29, 0.717) is 11.5 Å². The molecule has 100 valence electrons. The van der Waals surface area contributed by atoms with E-state index < -0.39 is 0 Å². The van der Waals surface area contributed by atoms with Gasteiger partial charge >= 0.3 is 0 Å². The van der Waals surface area contributed by atoms with E-state index in [9.17, 15) is 0 Å². The molecule has 0 bridgehead atoms. The molecular weight excluding hydrogens is 265 g/mol. The molecule has 1 N–H and O–H groups in total. The van der Waals surface area contributed by atoms with Crippen molar-refractivity contribution in [3.05, 3.63) is 33.8 Å². The predicted molar refractivity (Wildman–Crippen MR) is 79.5 cm³/mol. The second-order valence-corrected chi connectivity index (χ2v) is 6.36. The highest BCUT2D eigenvalue weighted by Crippen LogP contribution is 2.48. The molecule has 2 rings (SSSR count). The van der Waals surface area contributed by atoms with E-state index >= 15 is 0 Å². The van der Waals surface area contributed by atoms with Crippen LogP contribution in [0.5, 0.6) is 0 Å². The van der Waals surface area contributed by atoms with Gasteiger partial charge in [-0.2, -0.15) is 0 Å². The average molecular weight is 286 g/mol. The van der Waals surface area contributed by atoms with Crippen LogP contribution in [0.3, 0.4) is 0 Å². The minimum atomic E-state index is 0.296. The number of hydrogen-bond acceptors (Lipinski definition) is 1. The fourth-order valence-corrected chi connectivity index (χ4v) is 3.55. The molecule has 0 aliphatic heterocycles. The highest BCUT2D eigenvalue weighted by atomic mass is 35.5. The Morgan fingerprint density at radius 3 is 2.56 bits per heavy atom. The first-order valence-electron chi connectivity index (χ1n) is 6.75. The number of halogens is 2. The Morgan fingerprint density at radius 1 is 1.28 bits per heavy atom. The SMILES string of the molecule is CCNC(c1cc(Cl)ccc1Cl)C1(C)CCCC1. The molecule has 1 unspecified atom stereocenters. The third kappa shape index (κ3) is 2.84. The molecule has 0 aromatic heterocycles. The summed E-state index contributed by atoms with van der Waals surface area (Å²) in [7, 11) is 0. The van der Waals surface area contributed by atoms with Gasteiger partial charge in [0, 0.05) is 16.1 Å². The van der Waals surface area contributed by atoms with E-state index in [1.165, 1.54) is 25.7 Å². The van der Waals surface area contributed by atoms with Crippen molar-refractivity contribution < 1.29 is 0 Å². The summed E-state index contributed by atoms with van der Waals surface area (Å²) in [6.07, 6.45) is 5.15. The minimum absolute atomic E-state index is 0.296. The van der Waals surface area contributed by atoms with E-state index in [4.69, 9.17) is 23.2 Å². The van der Waals surface area contributed by atoms with Gasteiger partial charge in [-0.25, -0.2) is 0 Å². The minimum Gasteiger partial charge on any atom is -0.310 e. The number of rotatable bonds is 4. The van der Waals surface area contributed by atoms with Gasteiger partial charge in [0.15, 0.2) is 0 Å². The molecular formula is C15H21Cl2N. The highest BCUT2D eigenvalue weighted by Gasteiger charge is 2.38. The number of hydrogen-bond donors (Lipinski definition) is 1. The zero-order valence-corrected chi connectivity index (χ0v) is 12.6. The van der Waals surface area contributed by atoms with Crippen molar-refractivity contribution in [3.8, 4) is 0 Å². The van der Waals surface area contributed by atoms with Crippen LogP contribution in [0.4, 0.5) is 0 Å². The third-order valence-corrected chi connectivity index (χ3v) is 4.70. The summed E-state index contributed by atoms with van der Waals surface area (Å²) in [6.45, 7) is 5.46. The molecule has 0 radical (unpaired) electrons. The lowest BCUT2D eigenvalue weighted by Crippen LogP contribution is -2.34. The molecule has 18 heavy (non-hydrogen) atoms. The van der Waals surface area contributed by atoms with Gasteiger partial charge < -0.3 is 5.32 Å². The van der Waals surface area contributed by atoms with Gasteiger partial charge in [-0.1, -0.05) is 49.9 Å². The van der Waals surface area contributed by atoms with Crippen molar-refractivity contribution >= 4 is 23.2 Å². The molecule has 1 fully saturated rings. The van der Waals surface area contributed by atoms with E-state index in [-0.39, 0.29) is 0 Å². The van der Waals surface area contributed by atoms with E-state index in [1.54, 1.807) is 0 Å². The second kappa shape index (κ2) is 5.81. The van der Waals surface area contributed by atoms with Crippen LogP contribution in [0.2, 0.25) is 10.0 Å². The normalized spacial score (nSPS) is 20.0. The van der Waals surface area contributed by atoms with Crippen LogP contribution < -0.4 is 5.32 Å². The smallest absolute Gasteiger partial charge is 0.0455 e. The van der Waals surface area contributed by atoms with Gasteiger partial charge in [0.1, 0.15) is 0 Å². The third-order valence-electron chi connectivity index (χ3n) is 4.12. The fourth-order valence-electron chi connectivity index (χ4n) is 3.14. The summed E-state index contributed by atoms with van der Waals surface area (Å²) < 4.78 is 0. The standard InChI is InChI=1S/C15H21Cl2N/c1-3-18-14(15(2)8-4-5-9-15)12-10-11(16)6-7-13(12)17/h6-7,10,14,18H,3-5,8-9H2,1-2H3. The molecule has 0 heterocycles. The van der Waals surface area contributed by atoms with Crippen LogP contribution in [-0.4, -0.2) is 6.54 Å². The topological polar surface area (TPSA) is 12.0 Å². The molecule has 3 heteroatoms. The quantitative estimate of drug-likeness (QED) is 0.799. The maximum atomic E-state index is 6.37. The Hall–Kier alpha value is -0.240. The first-order chi connectivity index (χ1) is 8.57. The zero-order valence-electron chi connectivity index (χ0n) is 11.1. The van der Waals surface area contributed by atoms with Crippen LogP contribution in [0, 0.1) is 5.41 Å². The van der Waals surface area contributed by atoms with Crippen molar-refractivity contribution in [2.75, 3.05) is 6.54 Å². The molecule has 0 saturated heterocycles. The number of benzene rings is 1. The Morgan fingerprint density at radius 2 is 1.94 bits per heavy atom. The average Bonchev–Trinajstić information content (AvgIpc) is 2.77. The van der Waals surface area contributed by atoms with Gasteiger partial charge in [-0.15, -0.1) is 0 Å².